The molecule has 10 nitrogen and oxygen atoms in total. The summed E-state index contributed by atoms with van der Waals surface area (Å²) in [4.78, 5) is 0. The first-order valence-electron chi connectivity index (χ1n) is 17.0. The number of nitrogens with zero attached hydrogens (tertiary/aromatic N) is 6. The van der Waals surface area contributed by atoms with Gasteiger partial charge in [0.1, 0.15) is 28.6 Å². The van der Waals surface area contributed by atoms with E-state index in [0.29, 0.717) is 28.2 Å². The average molecular weight is 763 g/mol. The fourth-order valence-corrected chi connectivity index (χ4v) is 6.00. The van der Waals surface area contributed by atoms with Gasteiger partial charge in [-0.3, -0.25) is 0 Å². The van der Waals surface area contributed by atoms with E-state index < -0.39 is 0 Å². The maximum atomic E-state index is 11.3. The zero-order valence-electron chi connectivity index (χ0n) is 30.3. The van der Waals surface area contributed by atoms with E-state index in [0.717, 1.165) is 55.5 Å². The number of azo groups is 3. The molecule has 3 N–H and O–H groups in total. The first-order chi connectivity index (χ1) is 25.6. The molecule has 0 unspecified atom stereocenters. The molecule has 0 saturated heterocycles. The van der Waals surface area contributed by atoms with Crippen LogP contribution in [0.1, 0.15) is 22.3 Å². The average Bonchev–Trinajstić information content (AvgIpc) is 3.14. The molecule has 0 aromatic heterocycles. The van der Waals surface area contributed by atoms with E-state index >= 15 is 0 Å². The van der Waals surface area contributed by atoms with Crippen LogP contribution in [0.15, 0.2) is 146 Å². The first-order valence-corrected chi connectivity index (χ1v) is 17.0. The summed E-state index contributed by atoms with van der Waals surface area (Å²) in [6, 6.07) is 36.3. The normalized spacial score (nSPS) is 11.6. The number of aromatic hydroxyl groups is 2. The first kappa shape index (κ1) is 37.3. The van der Waals surface area contributed by atoms with E-state index in [2.05, 4.69) is 36.0 Å². The number of fused-ring (bicyclic) bond motifs is 2. The van der Waals surface area contributed by atoms with Crippen molar-refractivity contribution in [1.82, 2.24) is 0 Å². The SMILES string of the molecule is COc1cc(N=Nc2c(C)cc3ccc(Nc4cccc(C)c4)cc3c2O)c(O)cc1N=Nc1ccc(N=Nc2ccc(C)cc2)c2ccc(C)cc12.[Cu]. The molecule has 273 valence electrons. The number of benzene rings is 7. The summed E-state index contributed by atoms with van der Waals surface area (Å²) < 4.78 is 5.61. The Morgan fingerprint density at radius 2 is 1.19 bits per heavy atom. The van der Waals surface area contributed by atoms with Crippen LogP contribution < -0.4 is 10.1 Å². The van der Waals surface area contributed by atoms with Gasteiger partial charge in [-0.25, -0.2) is 0 Å². The molecule has 7 aromatic carbocycles. The minimum Gasteiger partial charge on any atom is -0.506 e. The molecule has 0 bridgehead atoms. The summed E-state index contributed by atoms with van der Waals surface area (Å²) >= 11 is 0. The van der Waals surface area contributed by atoms with Gasteiger partial charge in [0.25, 0.3) is 0 Å². The predicted octanol–water partition coefficient (Wildman–Crippen LogP) is 13.6. The van der Waals surface area contributed by atoms with E-state index in [4.69, 9.17) is 4.74 Å². The molecule has 0 aliphatic carbocycles. The minimum absolute atomic E-state index is 0. The summed E-state index contributed by atoms with van der Waals surface area (Å²) in [7, 11) is 1.50. The summed E-state index contributed by atoms with van der Waals surface area (Å²) in [5.74, 6) is 0.132. The standard InChI is InChI=1S/C43H37N7O3.Cu/c1-25-9-13-30(14-10-25)45-46-36-17-18-37(35-20-27(3)11-16-33(35)36)47-49-39-23-40(51)38(24-41(39)53-5)48-50-42-28(4)21-29-12-15-32(22-34(29)43(42)52)44-31-8-6-7-26(2)19-31;/h6-24,44,51-52H,1-5H3;. The quantitative estimate of drug-likeness (QED) is 0.0996. The Labute approximate surface area is 323 Å². The number of hydrogen-bond donors (Lipinski definition) is 3. The van der Waals surface area contributed by atoms with Gasteiger partial charge >= 0.3 is 0 Å². The Balaban J connectivity index is 0.00000497. The number of phenols is 2. The molecule has 0 heterocycles. The van der Waals surface area contributed by atoms with Crippen molar-refractivity contribution in [3.05, 3.63) is 138 Å². The number of rotatable bonds is 9. The van der Waals surface area contributed by atoms with Crippen LogP contribution in [0, 0.1) is 27.7 Å². The van der Waals surface area contributed by atoms with Crippen molar-refractivity contribution < 1.29 is 32.0 Å². The zero-order valence-corrected chi connectivity index (χ0v) is 31.2. The van der Waals surface area contributed by atoms with Gasteiger partial charge in [0, 0.05) is 56.7 Å². The number of ether oxygens (including phenoxy) is 1. The zero-order chi connectivity index (χ0) is 37.1. The van der Waals surface area contributed by atoms with Crippen molar-refractivity contribution in [3.63, 3.8) is 0 Å². The van der Waals surface area contributed by atoms with Crippen molar-refractivity contribution in [2.24, 2.45) is 30.7 Å². The molecular formula is C43H37CuN7O3. The van der Waals surface area contributed by atoms with Crippen molar-refractivity contribution in [3.8, 4) is 17.2 Å². The van der Waals surface area contributed by atoms with Gasteiger partial charge in [-0.1, -0.05) is 53.6 Å². The molecule has 54 heavy (non-hydrogen) atoms. The molecule has 11 heteroatoms. The maximum Gasteiger partial charge on any atom is 0.151 e. The molecular weight excluding hydrogens is 726 g/mol. The van der Waals surface area contributed by atoms with Gasteiger partial charge < -0.3 is 20.3 Å². The van der Waals surface area contributed by atoms with Gasteiger partial charge in [0.2, 0.25) is 0 Å². The Hall–Kier alpha value is -6.42. The van der Waals surface area contributed by atoms with Gasteiger partial charge in [-0.15, -0.1) is 25.6 Å². The van der Waals surface area contributed by atoms with Crippen LogP contribution in [0.25, 0.3) is 21.5 Å². The molecule has 0 amide bonds. The van der Waals surface area contributed by atoms with Gasteiger partial charge in [-0.05, 0) is 105 Å². The third-order valence-corrected chi connectivity index (χ3v) is 8.82. The molecule has 0 saturated carbocycles. The van der Waals surface area contributed by atoms with Crippen molar-refractivity contribution >= 4 is 67.0 Å². The molecule has 0 spiro atoms. The van der Waals surface area contributed by atoms with Crippen LogP contribution in [0.2, 0.25) is 0 Å². The molecule has 0 atom stereocenters. The van der Waals surface area contributed by atoms with Gasteiger partial charge in [0.05, 0.1) is 24.2 Å². The molecule has 7 rings (SSSR count). The van der Waals surface area contributed by atoms with Crippen LogP contribution in [0.3, 0.4) is 0 Å². The van der Waals surface area contributed by atoms with Gasteiger partial charge in [0.15, 0.2) is 5.75 Å². The number of hydrogen-bond acceptors (Lipinski definition) is 10. The molecule has 0 aliphatic heterocycles. The molecule has 7 aromatic rings. The molecule has 0 fully saturated rings. The van der Waals surface area contributed by atoms with Crippen LogP contribution in [0.4, 0.5) is 45.5 Å². The Morgan fingerprint density at radius 1 is 0.519 bits per heavy atom. The second-order valence-corrected chi connectivity index (χ2v) is 12.9. The Morgan fingerprint density at radius 3 is 1.94 bits per heavy atom. The fraction of sp³-hybridized carbons (Fsp3) is 0.116. The van der Waals surface area contributed by atoms with Crippen LogP contribution in [0.5, 0.6) is 17.2 Å². The van der Waals surface area contributed by atoms with Crippen molar-refractivity contribution in [2.45, 2.75) is 27.7 Å². The number of aryl methyl sites for hydroxylation is 4. The van der Waals surface area contributed by atoms with Crippen LogP contribution in [-0.4, -0.2) is 17.3 Å². The second kappa shape index (κ2) is 16.1. The molecule has 1 radical (unpaired) electrons. The van der Waals surface area contributed by atoms with E-state index in [1.165, 1.54) is 19.2 Å². The monoisotopic (exact) mass is 762 g/mol. The number of phenolic OH excluding ortho intramolecular Hbond substituents is 2. The summed E-state index contributed by atoms with van der Waals surface area (Å²) in [5.41, 5.74) is 8.64. The van der Waals surface area contributed by atoms with Crippen molar-refractivity contribution in [2.75, 3.05) is 12.4 Å². The van der Waals surface area contributed by atoms with E-state index in [9.17, 15) is 10.2 Å². The van der Waals surface area contributed by atoms with Crippen molar-refractivity contribution in [1.29, 1.82) is 0 Å². The van der Waals surface area contributed by atoms with E-state index in [1.54, 1.807) is 0 Å². The Kier molecular flexibility index (Phi) is 11.1. The smallest absolute Gasteiger partial charge is 0.151 e. The largest absolute Gasteiger partial charge is 0.506 e. The summed E-state index contributed by atoms with van der Waals surface area (Å²) in [5, 5.41) is 55.5. The number of methoxy groups -OCH3 is 1. The van der Waals surface area contributed by atoms with Crippen LogP contribution >= 0.6 is 0 Å². The number of anilines is 2. The van der Waals surface area contributed by atoms with E-state index in [1.807, 2.05) is 131 Å². The third-order valence-electron chi connectivity index (χ3n) is 8.82. The maximum absolute atomic E-state index is 11.3. The van der Waals surface area contributed by atoms with Gasteiger partial charge in [-0.2, -0.15) is 5.11 Å². The fourth-order valence-electron chi connectivity index (χ4n) is 6.00. The topological polar surface area (TPSA) is 136 Å². The van der Waals surface area contributed by atoms with E-state index in [-0.39, 0.29) is 39.9 Å². The third kappa shape index (κ3) is 8.13. The molecule has 0 aliphatic rings. The minimum atomic E-state index is -0.182. The second-order valence-electron chi connectivity index (χ2n) is 12.9. The predicted molar refractivity (Wildman–Crippen MR) is 212 cm³/mol. The van der Waals surface area contributed by atoms with Crippen LogP contribution in [-0.2, 0) is 17.1 Å². The summed E-state index contributed by atoms with van der Waals surface area (Å²) in [6.07, 6.45) is 0. The number of nitrogens with one attached hydrogen (secondary N) is 1. The Bertz CT molecular complexity index is 2600. The summed E-state index contributed by atoms with van der Waals surface area (Å²) in [6.45, 7) is 7.92.